The summed E-state index contributed by atoms with van der Waals surface area (Å²) in [5, 5.41) is 4.12. The zero-order chi connectivity index (χ0) is 12.8. The third kappa shape index (κ3) is 3.77. The maximum Gasteiger partial charge on any atom is 0.0545 e. The first-order chi connectivity index (χ1) is 8.79. The second-order valence-corrected chi connectivity index (χ2v) is 5.48. The minimum atomic E-state index is 0.805. The molecule has 0 spiro atoms. The molecule has 1 N–H and O–H groups in total. The first-order valence-electron chi connectivity index (χ1n) is 6.01. The first-order valence-corrected chi connectivity index (χ1v) is 7.21. The molecule has 0 aromatic heterocycles. The molecule has 0 saturated heterocycles. The van der Waals surface area contributed by atoms with Crippen LogP contribution in [0.3, 0.4) is 0 Å². The molecule has 0 bridgehead atoms. The summed E-state index contributed by atoms with van der Waals surface area (Å²) in [5.74, 6) is 0. The molecule has 0 radical (unpaired) electrons. The van der Waals surface area contributed by atoms with E-state index in [1.807, 2.05) is 24.3 Å². The van der Waals surface area contributed by atoms with Crippen molar-refractivity contribution in [2.24, 2.45) is 0 Å². The van der Waals surface area contributed by atoms with E-state index in [-0.39, 0.29) is 0 Å². The van der Waals surface area contributed by atoms with Crippen molar-refractivity contribution in [3.05, 3.63) is 59.1 Å². The van der Waals surface area contributed by atoms with Gasteiger partial charge in [-0.2, -0.15) is 0 Å². The molecule has 0 fully saturated rings. The van der Waals surface area contributed by atoms with Crippen LogP contribution in [0.25, 0.3) is 0 Å². The highest BCUT2D eigenvalue weighted by Crippen LogP contribution is 2.32. The highest BCUT2D eigenvalue weighted by molar-refractivity contribution is 7.99. The fraction of sp³-hybridized carbons (Fsp3) is 0.200. The number of benzene rings is 2. The summed E-state index contributed by atoms with van der Waals surface area (Å²) < 4.78 is 0. The van der Waals surface area contributed by atoms with E-state index in [9.17, 15) is 0 Å². The lowest BCUT2D eigenvalue weighted by molar-refractivity contribution is 0.726. The number of hydrogen-bond donors (Lipinski definition) is 1. The SMILES string of the molecule is CCNCc1ccc(Sc2ccccc2Cl)cc1. The lowest BCUT2D eigenvalue weighted by Crippen LogP contribution is -2.11. The fourth-order valence-electron chi connectivity index (χ4n) is 1.60. The van der Waals surface area contributed by atoms with Crippen LogP contribution < -0.4 is 5.32 Å². The molecule has 0 heterocycles. The molecule has 94 valence electrons. The maximum absolute atomic E-state index is 6.14. The topological polar surface area (TPSA) is 12.0 Å². The minimum absolute atomic E-state index is 0.805. The van der Waals surface area contributed by atoms with Gasteiger partial charge < -0.3 is 5.32 Å². The van der Waals surface area contributed by atoms with E-state index >= 15 is 0 Å². The van der Waals surface area contributed by atoms with E-state index in [0.29, 0.717) is 0 Å². The van der Waals surface area contributed by atoms with Gasteiger partial charge in [-0.25, -0.2) is 0 Å². The molecule has 0 saturated carbocycles. The van der Waals surface area contributed by atoms with Gasteiger partial charge in [0.15, 0.2) is 0 Å². The van der Waals surface area contributed by atoms with Crippen LogP contribution in [0.2, 0.25) is 5.02 Å². The molecule has 0 atom stereocenters. The zero-order valence-electron chi connectivity index (χ0n) is 10.3. The quantitative estimate of drug-likeness (QED) is 0.857. The molecule has 0 unspecified atom stereocenters. The molecule has 2 rings (SSSR count). The Labute approximate surface area is 118 Å². The minimum Gasteiger partial charge on any atom is -0.313 e. The Balaban J connectivity index is 2.04. The number of hydrogen-bond acceptors (Lipinski definition) is 2. The average molecular weight is 278 g/mol. The summed E-state index contributed by atoms with van der Waals surface area (Å²) in [4.78, 5) is 2.31. The molecule has 0 aliphatic heterocycles. The van der Waals surface area contributed by atoms with Gasteiger partial charge in [-0.15, -0.1) is 0 Å². The molecule has 2 aromatic rings. The fourth-order valence-corrected chi connectivity index (χ4v) is 2.69. The average Bonchev–Trinajstić information content (AvgIpc) is 2.41. The van der Waals surface area contributed by atoms with Crippen LogP contribution in [-0.2, 0) is 6.54 Å². The van der Waals surface area contributed by atoms with Crippen LogP contribution in [0.4, 0.5) is 0 Å². The Bertz CT molecular complexity index is 496. The Morgan fingerprint density at radius 1 is 1.06 bits per heavy atom. The van der Waals surface area contributed by atoms with E-state index < -0.39 is 0 Å². The van der Waals surface area contributed by atoms with Gasteiger partial charge in [-0.3, -0.25) is 0 Å². The second-order valence-electron chi connectivity index (χ2n) is 3.96. The van der Waals surface area contributed by atoms with Gasteiger partial charge in [0.05, 0.1) is 5.02 Å². The predicted octanol–water partition coefficient (Wildman–Crippen LogP) is 4.60. The van der Waals surface area contributed by atoms with Crippen LogP contribution in [0, 0.1) is 0 Å². The Hall–Kier alpha value is -0.960. The summed E-state index contributed by atoms with van der Waals surface area (Å²) in [6, 6.07) is 16.5. The van der Waals surface area contributed by atoms with Crippen molar-refractivity contribution in [3.8, 4) is 0 Å². The van der Waals surface area contributed by atoms with E-state index in [4.69, 9.17) is 11.6 Å². The molecule has 1 nitrogen and oxygen atoms in total. The number of nitrogens with one attached hydrogen (secondary N) is 1. The highest BCUT2D eigenvalue weighted by atomic mass is 35.5. The van der Waals surface area contributed by atoms with E-state index in [1.54, 1.807) is 11.8 Å². The van der Waals surface area contributed by atoms with Crippen LogP contribution in [0.5, 0.6) is 0 Å². The third-order valence-electron chi connectivity index (χ3n) is 2.57. The van der Waals surface area contributed by atoms with E-state index in [0.717, 1.165) is 23.0 Å². The standard InChI is InChI=1S/C15H16ClNS/c1-2-17-11-12-7-9-13(10-8-12)18-15-6-4-3-5-14(15)16/h3-10,17H,2,11H2,1H3. The van der Waals surface area contributed by atoms with E-state index in [2.05, 4.69) is 36.5 Å². The van der Waals surface area contributed by atoms with Crippen molar-refractivity contribution in [1.29, 1.82) is 0 Å². The predicted molar refractivity (Wildman–Crippen MR) is 79.4 cm³/mol. The van der Waals surface area contributed by atoms with E-state index in [1.165, 1.54) is 10.5 Å². The molecule has 2 aromatic carbocycles. The van der Waals surface area contributed by atoms with Gasteiger partial charge in [0.25, 0.3) is 0 Å². The van der Waals surface area contributed by atoms with Crippen LogP contribution >= 0.6 is 23.4 Å². The van der Waals surface area contributed by atoms with Crippen molar-refractivity contribution < 1.29 is 0 Å². The Morgan fingerprint density at radius 2 is 1.78 bits per heavy atom. The van der Waals surface area contributed by atoms with Gasteiger partial charge in [0, 0.05) is 16.3 Å². The zero-order valence-corrected chi connectivity index (χ0v) is 11.9. The van der Waals surface area contributed by atoms with Crippen molar-refractivity contribution in [1.82, 2.24) is 5.32 Å². The van der Waals surface area contributed by atoms with Gasteiger partial charge in [-0.1, -0.05) is 54.6 Å². The summed E-state index contributed by atoms with van der Waals surface area (Å²) in [6.07, 6.45) is 0. The lowest BCUT2D eigenvalue weighted by Gasteiger charge is -2.06. The summed E-state index contributed by atoms with van der Waals surface area (Å²) >= 11 is 7.84. The van der Waals surface area contributed by atoms with Crippen molar-refractivity contribution in [2.45, 2.75) is 23.3 Å². The van der Waals surface area contributed by atoms with Crippen molar-refractivity contribution in [2.75, 3.05) is 6.54 Å². The molecule has 0 aliphatic carbocycles. The lowest BCUT2D eigenvalue weighted by atomic mass is 10.2. The molecule has 0 aliphatic rings. The van der Waals surface area contributed by atoms with Crippen LogP contribution in [0.1, 0.15) is 12.5 Å². The summed E-state index contributed by atoms with van der Waals surface area (Å²) in [5.41, 5.74) is 1.31. The Kier molecular flexibility index (Phi) is 5.12. The molecule has 18 heavy (non-hydrogen) atoms. The number of halogens is 1. The number of rotatable bonds is 5. The van der Waals surface area contributed by atoms with Crippen molar-refractivity contribution >= 4 is 23.4 Å². The highest BCUT2D eigenvalue weighted by Gasteiger charge is 2.01. The monoisotopic (exact) mass is 277 g/mol. The van der Waals surface area contributed by atoms with Gasteiger partial charge in [0.2, 0.25) is 0 Å². The van der Waals surface area contributed by atoms with Crippen LogP contribution in [-0.4, -0.2) is 6.54 Å². The largest absolute Gasteiger partial charge is 0.313 e. The van der Waals surface area contributed by atoms with Gasteiger partial charge in [0.1, 0.15) is 0 Å². The van der Waals surface area contributed by atoms with Crippen molar-refractivity contribution in [3.63, 3.8) is 0 Å². The van der Waals surface area contributed by atoms with Gasteiger partial charge in [-0.05, 0) is 36.4 Å². The normalized spacial score (nSPS) is 10.6. The van der Waals surface area contributed by atoms with Crippen LogP contribution in [0.15, 0.2) is 58.3 Å². The first kappa shape index (κ1) is 13.5. The second kappa shape index (κ2) is 6.83. The summed E-state index contributed by atoms with van der Waals surface area (Å²) in [7, 11) is 0. The molecule has 3 heteroatoms. The Morgan fingerprint density at radius 3 is 2.44 bits per heavy atom. The maximum atomic E-state index is 6.14. The molecular formula is C15H16ClNS. The summed E-state index contributed by atoms with van der Waals surface area (Å²) in [6.45, 7) is 4.03. The third-order valence-corrected chi connectivity index (χ3v) is 4.09. The molecular weight excluding hydrogens is 262 g/mol. The smallest absolute Gasteiger partial charge is 0.0545 e. The molecule has 0 amide bonds. The van der Waals surface area contributed by atoms with Gasteiger partial charge >= 0.3 is 0 Å².